The van der Waals surface area contributed by atoms with Crippen LogP contribution in [0.5, 0.6) is 17.2 Å². The molecule has 0 atom stereocenters. The molecule has 0 radical (unpaired) electrons. The van der Waals surface area contributed by atoms with E-state index in [2.05, 4.69) is 15.6 Å². The van der Waals surface area contributed by atoms with Gasteiger partial charge in [0.15, 0.2) is 23.2 Å². The summed E-state index contributed by atoms with van der Waals surface area (Å²) >= 11 is 1.40. The number of thiazole rings is 1. The second-order valence-corrected chi connectivity index (χ2v) is 7.90. The molecule has 0 fully saturated rings. The number of methoxy groups -OCH3 is 2. The minimum absolute atomic E-state index is 0.223. The van der Waals surface area contributed by atoms with E-state index in [1.165, 1.54) is 18.4 Å². The first-order valence-electron chi connectivity index (χ1n) is 9.97. The number of hydrogen-bond donors (Lipinski definition) is 2. The normalized spacial score (nSPS) is 10.5. The fourth-order valence-electron chi connectivity index (χ4n) is 3.04. The lowest BCUT2D eigenvalue weighted by molar-refractivity contribution is -0.118. The van der Waals surface area contributed by atoms with E-state index in [0.29, 0.717) is 33.6 Å². The van der Waals surface area contributed by atoms with E-state index < -0.39 is 0 Å². The molecule has 4 rings (SSSR count). The van der Waals surface area contributed by atoms with Crippen LogP contribution in [0.3, 0.4) is 0 Å². The lowest BCUT2D eigenvalue weighted by Gasteiger charge is -2.12. The molecule has 2 N–H and O–H groups in total. The van der Waals surface area contributed by atoms with Gasteiger partial charge in [0, 0.05) is 11.3 Å². The van der Waals surface area contributed by atoms with Crippen LogP contribution in [0.4, 0.5) is 10.8 Å². The van der Waals surface area contributed by atoms with E-state index in [-0.39, 0.29) is 18.4 Å². The largest absolute Gasteiger partial charge is 0.497 e. The van der Waals surface area contributed by atoms with Crippen LogP contribution in [-0.2, 0) is 4.79 Å². The van der Waals surface area contributed by atoms with E-state index in [1.54, 1.807) is 49.6 Å². The maximum atomic E-state index is 12.7. The lowest BCUT2D eigenvalue weighted by Crippen LogP contribution is -2.20. The molecule has 0 spiro atoms. The first kappa shape index (κ1) is 22.1. The van der Waals surface area contributed by atoms with Crippen LogP contribution >= 0.6 is 11.3 Å². The number of hydrogen-bond acceptors (Lipinski definition) is 7. The molecule has 0 bridgehead atoms. The summed E-state index contributed by atoms with van der Waals surface area (Å²) in [6.07, 6.45) is 0. The summed E-state index contributed by atoms with van der Waals surface area (Å²) < 4.78 is 17.0. The molecule has 0 aliphatic heterocycles. The third-order valence-corrected chi connectivity index (χ3v) is 5.62. The van der Waals surface area contributed by atoms with E-state index in [1.807, 2.05) is 24.3 Å². The lowest BCUT2D eigenvalue weighted by atomic mass is 10.2. The number of nitrogens with zero attached hydrogens (tertiary/aromatic N) is 1. The number of fused-ring (bicyclic) bond motifs is 1. The quantitative estimate of drug-likeness (QED) is 0.397. The Morgan fingerprint density at radius 1 is 0.909 bits per heavy atom. The van der Waals surface area contributed by atoms with E-state index in [9.17, 15) is 9.59 Å². The van der Waals surface area contributed by atoms with E-state index in [0.717, 1.165) is 10.2 Å². The van der Waals surface area contributed by atoms with Crippen molar-refractivity contribution in [2.24, 2.45) is 0 Å². The number of carbonyl (C=O) groups excluding carboxylic acids is 2. The zero-order chi connectivity index (χ0) is 23.2. The van der Waals surface area contributed by atoms with Crippen molar-refractivity contribution < 1.29 is 23.8 Å². The van der Waals surface area contributed by atoms with Crippen molar-refractivity contribution >= 4 is 44.2 Å². The highest BCUT2D eigenvalue weighted by Crippen LogP contribution is 2.30. The molecular weight excluding hydrogens is 442 g/mol. The average molecular weight is 464 g/mol. The fourth-order valence-corrected chi connectivity index (χ4v) is 3.90. The summed E-state index contributed by atoms with van der Waals surface area (Å²) in [6.45, 7) is -0.223. The Bertz CT molecular complexity index is 1250. The minimum atomic E-state index is -0.333. The molecule has 0 saturated heterocycles. The van der Waals surface area contributed by atoms with Gasteiger partial charge in [-0.1, -0.05) is 23.5 Å². The SMILES string of the molecule is COc1ccc(NC(=O)COc2ccc(C(=O)Nc3nc4ccccc4s3)cc2OC)cc1. The highest BCUT2D eigenvalue weighted by atomic mass is 32.1. The smallest absolute Gasteiger partial charge is 0.262 e. The van der Waals surface area contributed by atoms with E-state index in [4.69, 9.17) is 14.2 Å². The summed E-state index contributed by atoms with van der Waals surface area (Å²) in [5.74, 6) is 0.723. The fraction of sp³-hybridized carbons (Fsp3) is 0.125. The topological polar surface area (TPSA) is 98.8 Å². The van der Waals surface area contributed by atoms with Gasteiger partial charge in [-0.2, -0.15) is 0 Å². The zero-order valence-corrected chi connectivity index (χ0v) is 18.8. The van der Waals surface area contributed by atoms with Gasteiger partial charge in [-0.3, -0.25) is 14.9 Å². The first-order valence-corrected chi connectivity index (χ1v) is 10.8. The number of para-hydroxylation sites is 1. The summed E-state index contributed by atoms with van der Waals surface area (Å²) in [5, 5.41) is 6.05. The molecule has 8 nitrogen and oxygen atoms in total. The predicted octanol–water partition coefficient (Wildman–Crippen LogP) is 4.58. The average Bonchev–Trinajstić information content (AvgIpc) is 3.25. The van der Waals surface area contributed by atoms with Crippen molar-refractivity contribution in [1.82, 2.24) is 4.98 Å². The number of amides is 2. The molecule has 1 aromatic heterocycles. The summed E-state index contributed by atoms with van der Waals surface area (Å²) in [5.41, 5.74) is 1.83. The second-order valence-electron chi connectivity index (χ2n) is 6.87. The van der Waals surface area contributed by atoms with Crippen molar-refractivity contribution in [3.05, 3.63) is 72.3 Å². The van der Waals surface area contributed by atoms with Crippen LogP contribution in [0, 0.1) is 0 Å². The summed E-state index contributed by atoms with van der Waals surface area (Å²) in [7, 11) is 3.04. The van der Waals surface area contributed by atoms with Gasteiger partial charge >= 0.3 is 0 Å². The number of benzene rings is 3. The molecule has 4 aromatic rings. The summed E-state index contributed by atoms with van der Waals surface area (Å²) in [4.78, 5) is 29.3. The van der Waals surface area contributed by atoms with Gasteiger partial charge in [0.2, 0.25) is 0 Å². The van der Waals surface area contributed by atoms with Crippen LogP contribution in [0.15, 0.2) is 66.7 Å². The molecular formula is C24H21N3O5S. The van der Waals surface area contributed by atoms with Gasteiger partial charge in [-0.25, -0.2) is 4.98 Å². The Kier molecular flexibility index (Phi) is 6.70. The summed E-state index contributed by atoms with van der Waals surface area (Å²) in [6, 6.07) is 19.4. The molecule has 9 heteroatoms. The molecule has 0 saturated carbocycles. The molecule has 3 aromatic carbocycles. The standard InChI is InChI=1S/C24H21N3O5S/c1-30-17-10-8-16(9-11-17)25-22(28)14-32-19-12-7-15(13-20(19)31-2)23(29)27-24-26-18-5-3-4-6-21(18)33-24/h3-13H,14H2,1-2H3,(H,25,28)(H,26,27,29). The molecule has 0 aliphatic carbocycles. The Balaban J connectivity index is 1.38. The number of ether oxygens (including phenoxy) is 3. The first-order chi connectivity index (χ1) is 16.1. The Labute approximate surface area is 194 Å². The van der Waals surface area contributed by atoms with Gasteiger partial charge in [0.25, 0.3) is 11.8 Å². The van der Waals surface area contributed by atoms with Crippen molar-refractivity contribution in [3.63, 3.8) is 0 Å². The molecule has 1 heterocycles. The van der Waals surface area contributed by atoms with Gasteiger partial charge in [0.05, 0.1) is 24.4 Å². The Hall–Kier alpha value is -4.11. The highest BCUT2D eigenvalue weighted by Gasteiger charge is 2.14. The monoisotopic (exact) mass is 463 g/mol. The number of aromatic nitrogens is 1. The maximum Gasteiger partial charge on any atom is 0.262 e. The van der Waals surface area contributed by atoms with Gasteiger partial charge in [-0.05, 0) is 54.6 Å². The van der Waals surface area contributed by atoms with E-state index >= 15 is 0 Å². The van der Waals surface area contributed by atoms with Crippen LogP contribution < -0.4 is 24.8 Å². The van der Waals surface area contributed by atoms with Crippen LogP contribution in [0.2, 0.25) is 0 Å². The predicted molar refractivity (Wildman–Crippen MR) is 128 cm³/mol. The second kappa shape index (κ2) is 10.0. The third-order valence-electron chi connectivity index (χ3n) is 4.67. The Morgan fingerprint density at radius 3 is 2.42 bits per heavy atom. The van der Waals surface area contributed by atoms with Crippen molar-refractivity contribution in [1.29, 1.82) is 0 Å². The Morgan fingerprint density at radius 2 is 1.70 bits per heavy atom. The molecule has 0 unspecified atom stereocenters. The number of nitrogens with one attached hydrogen (secondary N) is 2. The van der Waals surface area contributed by atoms with Gasteiger partial charge in [-0.15, -0.1) is 0 Å². The molecule has 2 amide bonds. The van der Waals surface area contributed by atoms with Crippen LogP contribution in [-0.4, -0.2) is 37.6 Å². The van der Waals surface area contributed by atoms with Crippen molar-refractivity contribution in [2.45, 2.75) is 0 Å². The third kappa shape index (κ3) is 5.39. The van der Waals surface area contributed by atoms with Crippen LogP contribution in [0.25, 0.3) is 10.2 Å². The maximum absolute atomic E-state index is 12.7. The molecule has 33 heavy (non-hydrogen) atoms. The molecule has 0 aliphatic rings. The highest BCUT2D eigenvalue weighted by molar-refractivity contribution is 7.22. The van der Waals surface area contributed by atoms with Gasteiger partial charge < -0.3 is 19.5 Å². The number of rotatable bonds is 8. The number of anilines is 2. The molecule has 168 valence electrons. The van der Waals surface area contributed by atoms with Crippen molar-refractivity contribution in [3.8, 4) is 17.2 Å². The minimum Gasteiger partial charge on any atom is -0.497 e. The van der Waals surface area contributed by atoms with Crippen LogP contribution in [0.1, 0.15) is 10.4 Å². The number of carbonyl (C=O) groups is 2. The van der Waals surface area contributed by atoms with Gasteiger partial charge in [0.1, 0.15) is 5.75 Å². The van der Waals surface area contributed by atoms with Crippen molar-refractivity contribution in [2.75, 3.05) is 31.5 Å². The zero-order valence-electron chi connectivity index (χ0n) is 18.0.